The number of hydrogen-bond acceptors (Lipinski definition) is 5. The number of carbonyl (C=O) groups is 1. The number of benzene rings is 2. The fraction of sp³-hybridized carbons (Fsp3) is 0.348. The second kappa shape index (κ2) is 11.3. The maximum absolute atomic E-state index is 13.9. The molecule has 0 saturated heterocycles. The second-order valence-corrected chi connectivity index (χ2v) is 8.90. The highest BCUT2D eigenvalue weighted by Gasteiger charge is 2.24. The van der Waals surface area contributed by atoms with Crippen molar-refractivity contribution in [3.8, 4) is 5.75 Å². The normalized spacial score (nSPS) is 12.1. The first-order valence-corrected chi connectivity index (χ1v) is 11.7. The number of rotatable bonds is 10. The molecule has 3 aromatic rings. The van der Waals surface area contributed by atoms with Crippen LogP contribution in [0.2, 0.25) is 5.02 Å². The minimum atomic E-state index is -0.510. The number of amides is 1. The van der Waals surface area contributed by atoms with Gasteiger partial charge in [-0.05, 0) is 44.0 Å². The van der Waals surface area contributed by atoms with Crippen molar-refractivity contribution >= 4 is 35.0 Å². The van der Waals surface area contributed by atoms with Crippen LogP contribution in [0.25, 0.3) is 0 Å². The Bertz CT molecular complexity index is 1060. The second-order valence-electron chi connectivity index (χ2n) is 7.19. The molecular weight excluding hydrogens is 451 g/mol. The Hall–Kier alpha value is -2.58. The number of carbonyl (C=O) groups excluding carboxylic acids is 1. The maximum Gasteiger partial charge on any atom is 0.237 e. The molecule has 3 rings (SSSR count). The topological polar surface area (TPSA) is 69.0 Å². The molecule has 32 heavy (non-hydrogen) atoms. The molecule has 1 aromatic heterocycles. The summed E-state index contributed by atoms with van der Waals surface area (Å²) in [4.78, 5) is 12.6. The van der Waals surface area contributed by atoms with Crippen LogP contribution in [0.1, 0.15) is 45.5 Å². The molecule has 0 aliphatic heterocycles. The van der Waals surface area contributed by atoms with Gasteiger partial charge in [0, 0.05) is 6.04 Å². The maximum atomic E-state index is 13.9. The van der Waals surface area contributed by atoms with Gasteiger partial charge in [-0.2, -0.15) is 0 Å². The Morgan fingerprint density at radius 2 is 1.84 bits per heavy atom. The van der Waals surface area contributed by atoms with Crippen molar-refractivity contribution in [3.63, 3.8) is 0 Å². The average molecular weight is 477 g/mol. The van der Waals surface area contributed by atoms with Gasteiger partial charge in [-0.1, -0.05) is 61.5 Å². The first kappa shape index (κ1) is 24.1. The minimum absolute atomic E-state index is 0.152. The summed E-state index contributed by atoms with van der Waals surface area (Å²) in [6.45, 7) is 6.14. The Morgan fingerprint density at radius 3 is 2.53 bits per heavy atom. The Balaban J connectivity index is 1.77. The van der Waals surface area contributed by atoms with Crippen LogP contribution >= 0.6 is 23.4 Å². The molecule has 6 nitrogen and oxygen atoms in total. The zero-order chi connectivity index (χ0) is 23.1. The third kappa shape index (κ3) is 5.81. The third-order valence-corrected chi connectivity index (χ3v) is 6.39. The van der Waals surface area contributed by atoms with E-state index in [4.69, 9.17) is 16.3 Å². The fourth-order valence-electron chi connectivity index (χ4n) is 3.22. The summed E-state index contributed by atoms with van der Waals surface area (Å²) in [7, 11) is 0. The lowest BCUT2D eigenvalue weighted by Crippen LogP contribution is -2.24. The highest BCUT2D eigenvalue weighted by atomic mass is 35.5. The lowest BCUT2D eigenvalue weighted by Gasteiger charge is -2.20. The smallest absolute Gasteiger partial charge is 0.237 e. The van der Waals surface area contributed by atoms with Crippen LogP contribution in [0.15, 0.2) is 53.7 Å². The zero-order valence-corrected chi connectivity index (χ0v) is 19.8. The molecule has 1 amide bonds. The number of anilines is 1. The van der Waals surface area contributed by atoms with Gasteiger partial charge in [-0.3, -0.25) is 4.79 Å². The van der Waals surface area contributed by atoms with Crippen LogP contribution < -0.4 is 10.1 Å². The lowest BCUT2D eigenvalue weighted by molar-refractivity contribution is -0.115. The molecule has 1 N–H and O–H groups in total. The van der Waals surface area contributed by atoms with Crippen LogP contribution in [0, 0.1) is 5.82 Å². The summed E-state index contributed by atoms with van der Waals surface area (Å²) < 4.78 is 21.8. The Kier molecular flexibility index (Phi) is 8.53. The van der Waals surface area contributed by atoms with Gasteiger partial charge in [0.15, 0.2) is 11.0 Å². The molecule has 0 aliphatic rings. The van der Waals surface area contributed by atoms with Gasteiger partial charge in [0.2, 0.25) is 5.91 Å². The summed E-state index contributed by atoms with van der Waals surface area (Å²) in [6.07, 6.45) is 1.74. The van der Waals surface area contributed by atoms with Crippen LogP contribution in [0.4, 0.5) is 10.1 Å². The van der Waals surface area contributed by atoms with Gasteiger partial charge in [0.05, 0.1) is 16.0 Å². The monoisotopic (exact) mass is 476 g/mol. The van der Waals surface area contributed by atoms with Crippen molar-refractivity contribution in [1.29, 1.82) is 0 Å². The largest absolute Gasteiger partial charge is 0.484 e. The van der Waals surface area contributed by atoms with Crippen LogP contribution in [0.3, 0.4) is 0 Å². The van der Waals surface area contributed by atoms with E-state index >= 15 is 0 Å². The number of halogens is 2. The van der Waals surface area contributed by atoms with Crippen molar-refractivity contribution in [3.05, 3.63) is 65.2 Å². The number of hydrogen-bond donors (Lipinski definition) is 1. The summed E-state index contributed by atoms with van der Waals surface area (Å²) >= 11 is 7.47. The van der Waals surface area contributed by atoms with Crippen molar-refractivity contribution in [1.82, 2.24) is 14.8 Å². The van der Waals surface area contributed by atoms with E-state index in [0.717, 1.165) is 12.8 Å². The molecule has 1 heterocycles. The van der Waals surface area contributed by atoms with E-state index in [1.807, 2.05) is 16.7 Å². The fourth-order valence-corrected chi connectivity index (χ4v) is 4.35. The molecule has 170 valence electrons. The molecule has 1 atom stereocenters. The Morgan fingerprint density at radius 1 is 1.16 bits per heavy atom. The van der Waals surface area contributed by atoms with E-state index in [1.165, 1.54) is 23.9 Å². The van der Waals surface area contributed by atoms with Crippen molar-refractivity contribution in [2.45, 2.75) is 56.7 Å². The summed E-state index contributed by atoms with van der Waals surface area (Å²) in [5.41, 5.74) is 0.153. The van der Waals surface area contributed by atoms with Crippen molar-refractivity contribution in [2.75, 3.05) is 5.32 Å². The first-order valence-electron chi connectivity index (χ1n) is 10.5. The third-order valence-electron chi connectivity index (χ3n) is 5.02. The molecule has 1 unspecified atom stereocenters. The molecular formula is C23H26ClFN4O2S. The molecule has 0 bridgehead atoms. The molecule has 0 fully saturated rings. The quantitative estimate of drug-likeness (QED) is 0.356. The molecule has 2 aromatic carbocycles. The molecule has 0 spiro atoms. The predicted molar refractivity (Wildman–Crippen MR) is 126 cm³/mol. The zero-order valence-electron chi connectivity index (χ0n) is 18.2. The standard InChI is InChI=1S/C23H26ClFN4O2S/c1-4-16(5-2)29-21(14-31-20-13-9-6-10-17(20)24)27-28-23(29)32-15(3)22(30)26-19-12-8-7-11-18(19)25/h6-13,15-16H,4-5,14H2,1-3H3,(H,26,30). The molecule has 0 aliphatic carbocycles. The van der Waals surface area contributed by atoms with Gasteiger partial charge in [-0.15, -0.1) is 10.2 Å². The number of aromatic nitrogens is 3. The summed E-state index contributed by atoms with van der Waals surface area (Å²) in [6, 6.07) is 13.5. The number of ether oxygens (including phenoxy) is 1. The Labute approximate surface area is 196 Å². The van der Waals surface area contributed by atoms with E-state index in [9.17, 15) is 9.18 Å². The van der Waals surface area contributed by atoms with Crippen molar-refractivity contribution < 1.29 is 13.9 Å². The van der Waals surface area contributed by atoms with Gasteiger partial charge in [-0.25, -0.2) is 4.39 Å². The van der Waals surface area contributed by atoms with Crippen molar-refractivity contribution in [2.24, 2.45) is 0 Å². The average Bonchev–Trinajstić information content (AvgIpc) is 3.18. The van der Waals surface area contributed by atoms with E-state index in [-0.39, 0.29) is 24.2 Å². The number of nitrogens with zero attached hydrogens (tertiary/aromatic N) is 3. The van der Waals surface area contributed by atoms with Crippen LogP contribution in [-0.4, -0.2) is 25.9 Å². The summed E-state index contributed by atoms with van der Waals surface area (Å²) in [5, 5.41) is 11.9. The lowest BCUT2D eigenvalue weighted by atomic mass is 10.2. The molecule has 9 heteroatoms. The first-order chi connectivity index (χ1) is 15.4. The molecule has 0 saturated carbocycles. The van der Waals surface area contributed by atoms with Crippen LogP contribution in [-0.2, 0) is 11.4 Å². The van der Waals surface area contributed by atoms with E-state index in [2.05, 4.69) is 29.4 Å². The van der Waals surface area contributed by atoms with Gasteiger partial charge < -0.3 is 14.6 Å². The number of thioether (sulfide) groups is 1. The van der Waals surface area contributed by atoms with Gasteiger partial charge in [0.25, 0.3) is 0 Å². The van der Waals surface area contributed by atoms with Gasteiger partial charge >= 0.3 is 0 Å². The predicted octanol–water partition coefficient (Wildman–Crippen LogP) is 6.13. The number of para-hydroxylation sites is 2. The SMILES string of the molecule is CCC(CC)n1c(COc2ccccc2Cl)nnc1SC(C)C(=O)Nc1ccccc1F. The summed E-state index contributed by atoms with van der Waals surface area (Å²) in [5.74, 6) is 0.438. The van der Waals surface area contributed by atoms with E-state index in [1.54, 1.807) is 31.2 Å². The van der Waals surface area contributed by atoms with E-state index < -0.39 is 11.1 Å². The van der Waals surface area contributed by atoms with E-state index in [0.29, 0.717) is 21.8 Å². The van der Waals surface area contributed by atoms with Crippen LogP contribution in [0.5, 0.6) is 5.75 Å². The molecule has 0 radical (unpaired) electrons. The highest BCUT2D eigenvalue weighted by molar-refractivity contribution is 8.00. The number of nitrogens with one attached hydrogen (secondary N) is 1. The minimum Gasteiger partial charge on any atom is -0.484 e. The highest BCUT2D eigenvalue weighted by Crippen LogP contribution is 2.30. The van der Waals surface area contributed by atoms with Gasteiger partial charge in [0.1, 0.15) is 18.2 Å².